The third kappa shape index (κ3) is 2.89. The van der Waals surface area contributed by atoms with Crippen molar-refractivity contribution >= 4 is 11.6 Å². The molecule has 18 heavy (non-hydrogen) atoms. The molecular formula is C15H20N2O. The van der Waals surface area contributed by atoms with Crippen molar-refractivity contribution in [1.82, 2.24) is 0 Å². The molecule has 0 aromatic heterocycles. The van der Waals surface area contributed by atoms with E-state index in [0.717, 1.165) is 16.8 Å². The van der Waals surface area contributed by atoms with Crippen LogP contribution in [0.1, 0.15) is 25.0 Å². The molecule has 0 saturated heterocycles. The van der Waals surface area contributed by atoms with Gasteiger partial charge in [-0.05, 0) is 37.0 Å². The summed E-state index contributed by atoms with van der Waals surface area (Å²) < 4.78 is 0. The lowest BCUT2D eigenvalue weighted by atomic mass is 9.95. The molecule has 3 heteroatoms. The molecule has 0 aliphatic rings. The van der Waals surface area contributed by atoms with Crippen molar-refractivity contribution < 1.29 is 4.79 Å². The van der Waals surface area contributed by atoms with Gasteiger partial charge in [-0.2, -0.15) is 5.26 Å². The van der Waals surface area contributed by atoms with E-state index >= 15 is 0 Å². The van der Waals surface area contributed by atoms with Gasteiger partial charge in [-0.3, -0.25) is 4.79 Å². The van der Waals surface area contributed by atoms with Gasteiger partial charge in [0.15, 0.2) is 0 Å². The Bertz CT molecular complexity index is 486. The molecule has 0 aliphatic heterocycles. The van der Waals surface area contributed by atoms with Crippen LogP contribution in [0, 0.1) is 37.0 Å². The summed E-state index contributed by atoms with van der Waals surface area (Å²) in [5, 5.41) is 9.09. The highest BCUT2D eigenvalue weighted by molar-refractivity contribution is 5.96. The van der Waals surface area contributed by atoms with Gasteiger partial charge in [0.1, 0.15) is 5.92 Å². The molecule has 3 nitrogen and oxygen atoms in total. The number of carbonyl (C=O) groups is 1. The zero-order chi connectivity index (χ0) is 13.9. The second-order valence-electron chi connectivity index (χ2n) is 5.04. The fourth-order valence-corrected chi connectivity index (χ4v) is 1.90. The molecule has 1 aromatic carbocycles. The first kappa shape index (κ1) is 14.2. The van der Waals surface area contributed by atoms with Crippen LogP contribution in [0.4, 0.5) is 5.69 Å². The normalized spacial score (nSPS) is 12.1. The van der Waals surface area contributed by atoms with Crippen molar-refractivity contribution in [1.29, 1.82) is 5.26 Å². The largest absolute Gasteiger partial charge is 0.314 e. The Balaban J connectivity index is 3.07. The molecule has 0 saturated carbocycles. The van der Waals surface area contributed by atoms with Gasteiger partial charge >= 0.3 is 0 Å². The first-order valence-electron chi connectivity index (χ1n) is 6.13. The first-order chi connectivity index (χ1) is 8.38. The summed E-state index contributed by atoms with van der Waals surface area (Å²) in [7, 11) is 1.73. The Morgan fingerprint density at radius 2 is 1.94 bits per heavy atom. The number of hydrogen-bond acceptors (Lipinski definition) is 2. The van der Waals surface area contributed by atoms with Crippen molar-refractivity contribution in [3.8, 4) is 6.07 Å². The monoisotopic (exact) mass is 244 g/mol. The smallest absolute Gasteiger partial charge is 0.244 e. The second kappa shape index (κ2) is 5.68. The lowest BCUT2D eigenvalue weighted by Crippen LogP contribution is -2.35. The maximum absolute atomic E-state index is 12.3. The summed E-state index contributed by atoms with van der Waals surface area (Å²) in [4.78, 5) is 13.9. The molecule has 1 rings (SSSR count). The van der Waals surface area contributed by atoms with E-state index in [0.29, 0.717) is 0 Å². The summed E-state index contributed by atoms with van der Waals surface area (Å²) in [6, 6.07) is 8.08. The van der Waals surface area contributed by atoms with E-state index < -0.39 is 5.92 Å². The fourth-order valence-electron chi connectivity index (χ4n) is 1.90. The molecule has 0 aliphatic carbocycles. The summed E-state index contributed by atoms with van der Waals surface area (Å²) in [5.74, 6) is -0.703. The third-order valence-corrected chi connectivity index (χ3v) is 3.13. The second-order valence-corrected chi connectivity index (χ2v) is 5.04. The molecule has 0 spiro atoms. The van der Waals surface area contributed by atoms with Crippen LogP contribution in [-0.2, 0) is 4.79 Å². The number of benzene rings is 1. The molecule has 0 N–H and O–H groups in total. The van der Waals surface area contributed by atoms with Crippen LogP contribution in [0.2, 0.25) is 0 Å². The fraction of sp³-hybridized carbons (Fsp3) is 0.467. The number of anilines is 1. The van der Waals surface area contributed by atoms with E-state index in [1.54, 1.807) is 11.9 Å². The zero-order valence-corrected chi connectivity index (χ0v) is 11.7. The van der Waals surface area contributed by atoms with Crippen molar-refractivity contribution in [2.45, 2.75) is 27.7 Å². The SMILES string of the molecule is Cc1ccc(C)c(N(C)C(=O)C(C#N)C(C)C)c1. The van der Waals surface area contributed by atoms with E-state index in [2.05, 4.69) is 6.07 Å². The predicted octanol–water partition coefficient (Wildman–Crippen LogP) is 3.06. The summed E-state index contributed by atoms with van der Waals surface area (Å²) in [5.41, 5.74) is 3.02. The van der Waals surface area contributed by atoms with Crippen molar-refractivity contribution in [3.05, 3.63) is 29.3 Å². The molecule has 1 unspecified atom stereocenters. The number of nitrogens with zero attached hydrogens (tertiary/aromatic N) is 2. The van der Waals surface area contributed by atoms with Crippen molar-refractivity contribution in [2.75, 3.05) is 11.9 Å². The van der Waals surface area contributed by atoms with Gasteiger partial charge in [-0.1, -0.05) is 26.0 Å². The van der Waals surface area contributed by atoms with Crippen LogP contribution >= 0.6 is 0 Å². The Hall–Kier alpha value is -1.82. The van der Waals surface area contributed by atoms with Crippen LogP contribution in [-0.4, -0.2) is 13.0 Å². The standard InChI is InChI=1S/C15H20N2O/c1-10(2)13(9-16)15(18)17(5)14-8-11(3)6-7-12(14)4/h6-8,10,13H,1-5H3. The molecule has 1 aromatic rings. The highest BCUT2D eigenvalue weighted by Gasteiger charge is 2.26. The maximum atomic E-state index is 12.3. The minimum atomic E-state index is -0.588. The van der Waals surface area contributed by atoms with Crippen molar-refractivity contribution in [2.24, 2.45) is 11.8 Å². The summed E-state index contributed by atoms with van der Waals surface area (Å²) in [6.07, 6.45) is 0. The molecule has 96 valence electrons. The molecule has 0 bridgehead atoms. The number of hydrogen-bond donors (Lipinski definition) is 0. The van der Waals surface area contributed by atoms with E-state index in [4.69, 9.17) is 5.26 Å². The minimum absolute atomic E-state index is 0.0232. The average molecular weight is 244 g/mol. The van der Waals surface area contributed by atoms with Crippen LogP contribution in [0.5, 0.6) is 0 Å². The van der Waals surface area contributed by atoms with Gasteiger partial charge in [-0.25, -0.2) is 0 Å². The van der Waals surface area contributed by atoms with Crippen LogP contribution in [0.25, 0.3) is 0 Å². The molecule has 0 fully saturated rings. The van der Waals surface area contributed by atoms with Crippen LogP contribution < -0.4 is 4.90 Å². The lowest BCUT2D eigenvalue weighted by molar-refractivity contribution is -0.121. The molecular weight excluding hydrogens is 224 g/mol. The molecule has 0 heterocycles. The Kier molecular flexibility index (Phi) is 4.49. The number of nitriles is 1. The molecule has 1 atom stereocenters. The van der Waals surface area contributed by atoms with Gasteiger partial charge in [0.05, 0.1) is 6.07 Å². The number of aryl methyl sites for hydroxylation is 2. The Morgan fingerprint density at radius 3 is 2.44 bits per heavy atom. The Morgan fingerprint density at radius 1 is 1.33 bits per heavy atom. The predicted molar refractivity (Wildman–Crippen MR) is 73.3 cm³/mol. The maximum Gasteiger partial charge on any atom is 0.244 e. The highest BCUT2D eigenvalue weighted by Crippen LogP contribution is 2.23. The van der Waals surface area contributed by atoms with Crippen LogP contribution in [0.3, 0.4) is 0 Å². The number of amides is 1. The summed E-state index contributed by atoms with van der Waals surface area (Å²) >= 11 is 0. The van der Waals surface area contributed by atoms with Gasteiger partial charge in [0, 0.05) is 12.7 Å². The first-order valence-corrected chi connectivity index (χ1v) is 6.13. The molecule has 1 amide bonds. The number of carbonyl (C=O) groups excluding carboxylic acids is 1. The van der Waals surface area contributed by atoms with Crippen LogP contribution in [0.15, 0.2) is 18.2 Å². The van der Waals surface area contributed by atoms with Gasteiger partial charge in [0.25, 0.3) is 0 Å². The number of rotatable bonds is 3. The quantitative estimate of drug-likeness (QED) is 0.820. The Labute approximate surface area is 109 Å². The van der Waals surface area contributed by atoms with Crippen molar-refractivity contribution in [3.63, 3.8) is 0 Å². The zero-order valence-electron chi connectivity index (χ0n) is 11.7. The highest BCUT2D eigenvalue weighted by atomic mass is 16.2. The average Bonchev–Trinajstić information content (AvgIpc) is 2.31. The lowest BCUT2D eigenvalue weighted by Gasteiger charge is -2.24. The van der Waals surface area contributed by atoms with E-state index in [9.17, 15) is 4.79 Å². The van der Waals surface area contributed by atoms with Gasteiger partial charge < -0.3 is 4.90 Å². The van der Waals surface area contributed by atoms with E-state index in [-0.39, 0.29) is 11.8 Å². The summed E-state index contributed by atoms with van der Waals surface area (Å²) in [6.45, 7) is 7.74. The van der Waals surface area contributed by atoms with Gasteiger partial charge in [-0.15, -0.1) is 0 Å². The third-order valence-electron chi connectivity index (χ3n) is 3.13. The minimum Gasteiger partial charge on any atom is -0.314 e. The topological polar surface area (TPSA) is 44.1 Å². The van der Waals surface area contributed by atoms with Gasteiger partial charge in [0.2, 0.25) is 5.91 Å². The van der Waals surface area contributed by atoms with E-state index in [1.807, 2.05) is 45.9 Å². The van der Waals surface area contributed by atoms with E-state index in [1.165, 1.54) is 0 Å². The molecule has 0 radical (unpaired) electrons.